The molecule has 1 nitrogen and oxygen atoms in total. The van der Waals surface area contributed by atoms with Crippen molar-refractivity contribution in [3.05, 3.63) is 65.2 Å². The molecule has 0 unspecified atom stereocenters. The van der Waals surface area contributed by atoms with Gasteiger partial charge in [-0.05, 0) is 17.7 Å². The average molecular weight is 255 g/mol. The Bertz CT molecular complexity index is 546. The minimum absolute atomic E-state index is 0.0389. The first-order chi connectivity index (χ1) is 8.56. The molecule has 0 spiro atoms. The summed E-state index contributed by atoms with van der Waals surface area (Å²) in [5.74, 6) is -3.47. The van der Waals surface area contributed by atoms with Gasteiger partial charge in [-0.3, -0.25) is 0 Å². The van der Waals surface area contributed by atoms with E-state index in [0.29, 0.717) is 17.7 Å². The van der Waals surface area contributed by atoms with E-state index >= 15 is 0 Å². The van der Waals surface area contributed by atoms with Crippen molar-refractivity contribution in [3.63, 3.8) is 0 Å². The van der Waals surface area contributed by atoms with E-state index in [1.54, 1.807) is 6.07 Å². The molecule has 0 bridgehead atoms. The van der Waals surface area contributed by atoms with Gasteiger partial charge >= 0.3 is 0 Å². The first kappa shape index (κ1) is 12.4. The van der Waals surface area contributed by atoms with Crippen molar-refractivity contribution in [2.24, 2.45) is 0 Å². The number of nitrogens with one attached hydrogen (secondary N) is 1. The number of rotatable bonds is 3. The van der Waals surface area contributed by atoms with Gasteiger partial charge in [-0.15, -0.1) is 0 Å². The summed E-state index contributed by atoms with van der Waals surface area (Å²) in [7, 11) is 0. The maximum Gasteiger partial charge on any atom is 0.152 e. The summed E-state index contributed by atoms with van der Waals surface area (Å²) < 4.78 is 52.1. The predicted octanol–water partition coefficient (Wildman–Crippen LogP) is 3.86. The number of halogens is 4. The van der Waals surface area contributed by atoms with Crippen LogP contribution in [0.3, 0.4) is 0 Å². The summed E-state index contributed by atoms with van der Waals surface area (Å²) in [6.07, 6.45) is 0. The molecular weight excluding hydrogens is 246 g/mol. The van der Waals surface area contributed by atoms with Gasteiger partial charge in [-0.25, -0.2) is 17.6 Å². The zero-order valence-corrected chi connectivity index (χ0v) is 9.18. The van der Waals surface area contributed by atoms with Crippen LogP contribution in [0.25, 0.3) is 0 Å². The summed E-state index contributed by atoms with van der Waals surface area (Å²) in [6.45, 7) is 0.0389. The quantitative estimate of drug-likeness (QED) is 0.821. The minimum atomic E-state index is -1.02. The standard InChI is InChI=1S/C13H9F4N/c14-9-3-1-2-8(4-9)7-18-13-11(16)5-10(15)6-12(13)17/h1-6,18H,7H2. The van der Waals surface area contributed by atoms with Crippen LogP contribution < -0.4 is 5.32 Å². The molecule has 0 radical (unpaired) electrons. The molecule has 0 atom stereocenters. The lowest BCUT2D eigenvalue weighted by Gasteiger charge is -2.09. The lowest BCUT2D eigenvalue weighted by atomic mass is 10.2. The third kappa shape index (κ3) is 2.80. The smallest absolute Gasteiger partial charge is 0.152 e. The normalized spacial score (nSPS) is 10.4. The third-order valence-electron chi connectivity index (χ3n) is 2.37. The van der Waals surface area contributed by atoms with E-state index in [1.807, 2.05) is 0 Å². The molecule has 0 aliphatic carbocycles. The number of hydrogen-bond donors (Lipinski definition) is 1. The average Bonchev–Trinajstić information content (AvgIpc) is 2.27. The molecule has 0 saturated carbocycles. The molecule has 0 fully saturated rings. The van der Waals surface area contributed by atoms with Crippen molar-refractivity contribution < 1.29 is 17.6 Å². The molecule has 94 valence electrons. The second-order valence-corrected chi connectivity index (χ2v) is 3.73. The van der Waals surface area contributed by atoms with E-state index in [2.05, 4.69) is 5.32 Å². The summed E-state index contributed by atoms with van der Waals surface area (Å²) in [5.41, 5.74) is 0.0961. The predicted molar refractivity (Wildman–Crippen MR) is 60.0 cm³/mol. The second-order valence-electron chi connectivity index (χ2n) is 3.73. The number of anilines is 1. The van der Waals surface area contributed by atoms with E-state index in [0.717, 1.165) is 0 Å². The summed E-state index contributed by atoms with van der Waals surface area (Å²) in [4.78, 5) is 0. The Hall–Kier alpha value is -2.04. The molecule has 2 aromatic rings. The second kappa shape index (κ2) is 5.08. The van der Waals surface area contributed by atoms with Crippen molar-refractivity contribution in [2.75, 3.05) is 5.32 Å². The topological polar surface area (TPSA) is 12.0 Å². The van der Waals surface area contributed by atoms with Gasteiger partial charge in [0, 0.05) is 18.7 Å². The monoisotopic (exact) mass is 255 g/mol. The molecule has 0 aromatic heterocycles. The fourth-order valence-corrected chi connectivity index (χ4v) is 1.55. The van der Waals surface area contributed by atoms with Crippen LogP contribution in [0.2, 0.25) is 0 Å². The molecule has 0 aliphatic rings. The fourth-order valence-electron chi connectivity index (χ4n) is 1.55. The Labute approximate surface area is 101 Å². The minimum Gasteiger partial charge on any atom is -0.376 e. The summed E-state index contributed by atoms with van der Waals surface area (Å²) >= 11 is 0. The van der Waals surface area contributed by atoms with Gasteiger partial charge in [-0.1, -0.05) is 12.1 Å². The van der Waals surface area contributed by atoms with Crippen molar-refractivity contribution in [1.82, 2.24) is 0 Å². The van der Waals surface area contributed by atoms with Gasteiger partial charge < -0.3 is 5.32 Å². The largest absolute Gasteiger partial charge is 0.376 e. The van der Waals surface area contributed by atoms with Crippen LogP contribution in [-0.2, 0) is 6.54 Å². The van der Waals surface area contributed by atoms with E-state index in [4.69, 9.17) is 0 Å². The molecule has 0 saturated heterocycles. The van der Waals surface area contributed by atoms with Gasteiger partial charge in [0.1, 0.15) is 17.3 Å². The molecule has 2 rings (SSSR count). The van der Waals surface area contributed by atoms with E-state index in [-0.39, 0.29) is 6.54 Å². The Morgan fingerprint density at radius 1 is 0.833 bits per heavy atom. The highest BCUT2D eigenvalue weighted by Gasteiger charge is 2.10. The Kier molecular flexibility index (Phi) is 3.50. The van der Waals surface area contributed by atoms with Gasteiger partial charge in [0.25, 0.3) is 0 Å². The molecule has 5 heteroatoms. The molecule has 1 N–H and O–H groups in total. The van der Waals surface area contributed by atoms with Gasteiger partial charge in [0.05, 0.1) is 0 Å². The number of hydrogen-bond acceptors (Lipinski definition) is 1. The Morgan fingerprint density at radius 3 is 2.11 bits per heavy atom. The highest BCUT2D eigenvalue weighted by atomic mass is 19.1. The zero-order chi connectivity index (χ0) is 13.1. The van der Waals surface area contributed by atoms with E-state index in [1.165, 1.54) is 18.2 Å². The molecule has 0 heterocycles. The van der Waals surface area contributed by atoms with Crippen molar-refractivity contribution in [1.29, 1.82) is 0 Å². The van der Waals surface area contributed by atoms with Crippen molar-refractivity contribution in [2.45, 2.75) is 6.54 Å². The van der Waals surface area contributed by atoms with Gasteiger partial charge in [0.15, 0.2) is 11.6 Å². The van der Waals surface area contributed by atoms with Crippen LogP contribution in [0.15, 0.2) is 36.4 Å². The van der Waals surface area contributed by atoms with Crippen LogP contribution in [0.1, 0.15) is 5.56 Å². The van der Waals surface area contributed by atoms with Crippen molar-refractivity contribution >= 4 is 5.69 Å². The molecule has 0 aliphatic heterocycles. The first-order valence-corrected chi connectivity index (χ1v) is 5.19. The van der Waals surface area contributed by atoms with Crippen LogP contribution in [0, 0.1) is 23.3 Å². The highest BCUT2D eigenvalue weighted by Crippen LogP contribution is 2.20. The van der Waals surface area contributed by atoms with Crippen molar-refractivity contribution in [3.8, 4) is 0 Å². The third-order valence-corrected chi connectivity index (χ3v) is 2.37. The van der Waals surface area contributed by atoms with Crippen LogP contribution in [0.4, 0.5) is 23.2 Å². The Morgan fingerprint density at radius 2 is 1.50 bits per heavy atom. The molecular formula is C13H9F4N. The molecule has 18 heavy (non-hydrogen) atoms. The van der Waals surface area contributed by atoms with Crippen LogP contribution in [0.5, 0.6) is 0 Å². The Balaban J connectivity index is 2.16. The van der Waals surface area contributed by atoms with Crippen LogP contribution in [-0.4, -0.2) is 0 Å². The lowest BCUT2D eigenvalue weighted by Crippen LogP contribution is -2.04. The fraction of sp³-hybridized carbons (Fsp3) is 0.0769. The van der Waals surface area contributed by atoms with Crippen LogP contribution >= 0.6 is 0 Å². The maximum atomic E-state index is 13.3. The van der Waals surface area contributed by atoms with Gasteiger partial charge in [0.2, 0.25) is 0 Å². The molecule has 2 aromatic carbocycles. The van der Waals surface area contributed by atoms with E-state index < -0.39 is 29.0 Å². The lowest BCUT2D eigenvalue weighted by molar-refractivity contribution is 0.547. The summed E-state index contributed by atoms with van der Waals surface area (Å²) in [6, 6.07) is 6.77. The highest BCUT2D eigenvalue weighted by molar-refractivity contribution is 5.46. The first-order valence-electron chi connectivity index (χ1n) is 5.19. The van der Waals surface area contributed by atoms with E-state index in [9.17, 15) is 17.6 Å². The summed E-state index contributed by atoms with van der Waals surface area (Å²) in [5, 5.41) is 2.47. The maximum absolute atomic E-state index is 13.3. The SMILES string of the molecule is Fc1cccc(CNc2c(F)cc(F)cc2F)c1. The molecule has 0 amide bonds. The number of benzene rings is 2. The zero-order valence-electron chi connectivity index (χ0n) is 9.18. The van der Waals surface area contributed by atoms with Gasteiger partial charge in [-0.2, -0.15) is 0 Å².